The third-order valence-electron chi connectivity index (χ3n) is 7.04. The summed E-state index contributed by atoms with van der Waals surface area (Å²) in [7, 11) is 1.65. The summed E-state index contributed by atoms with van der Waals surface area (Å²) in [5.74, 6) is 1.66. The molecule has 0 bridgehead atoms. The van der Waals surface area contributed by atoms with E-state index in [2.05, 4.69) is 30.0 Å². The standard InChI is InChI=1S/C30H33N3O3S/c1-20-6-4-7-23-16-24(29(31-27(20)23)32-14-5-8-25(34)19-32)18-33(30(35)28-21(2)13-15-37-28)17-22-9-11-26(36-3)12-10-22/h4,6-7,9-13,15-16,25,34H,5,8,14,17-19H2,1-3H3/t25-/m1/s1. The number of amides is 1. The van der Waals surface area contributed by atoms with Crippen LogP contribution in [0.5, 0.6) is 5.75 Å². The van der Waals surface area contributed by atoms with Crippen molar-refractivity contribution in [2.75, 3.05) is 25.1 Å². The zero-order chi connectivity index (χ0) is 25.9. The molecule has 192 valence electrons. The summed E-state index contributed by atoms with van der Waals surface area (Å²) in [4.78, 5) is 23.8. The van der Waals surface area contributed by atoms with Crippen LogP contribution < -0.4 is 9.64 Å². The number of para-hydroxylation sites is 1. The number of nitrogens with zero attached hydrogens (tertiary/aromatic N) is 3. The number of anilines is 1. The summed E-state index contributed by atoms with van der Waals surface area (Å²) in [5.41, 5.74) is 5.08. The predicted octanol–water partition coefficient (Wildman–Crippen LogP) is 5.73. The quantitative estimate of drug-likeness (QED) is 0.341. The molecule has 1 aliphatic heterocycles. The Hall–Kier alpha value is -3.42. The second-order valence-electron chi connectivity index (χ2n) is 9.80. The van der Waals surface area contributed by atoms with Crippen molar-refractivity contribution in [2.45, 2.75) is 45.9 Å². The summed E-state index contributed by atoms with van der Waals surface area (Å²) < 4.78 is 5.32. The van der Waals surface area contributed by atoms with Crippen molar-refractivity contribution in [3.05, 3.63) is 87.1 Å². The molecular weight excluding hydrogens is 482 g/mol. The summed E-state index contributed by atoms with van der Waals surface area (Å²) in [6.07, 6.45) is 1.34. The fraction of sp³-hybridized carbons (Fsp3) is 0.333. The Bertz CT molecular complexity index is 1400. The Balaban J connectivity index is 1.56. The number of carbonyl (C=O) groups is 1. The first-order valence-electron chi connectivity index (χ1n) is 12.7. The first kappa shape index (κ1) is 25.2. The number of aryl methyl sites for hydroxylation is 2. The number of carbonyl (C=O) groups excluding carboxylic acids is 1. The van der Waals surface area contributed by atoms with E-state index >= 15 is 0 Å². The molecule has 3 heterocycles. The number of hydrogen-bond donors (Lipinski definition) is 1. The first-order chi connectivity index (χ1) is 17.9. The number of rotatable bonds is 7. The van der Waals surface area contributed by atoms with Gasteiger partial charge in [0.25, 0.3) is 5.91 Å². The van der Waals surface area contributed by atoms with Gasteiger partial charge in [0.05, 0.1) is 30.2 Å². The molecule has 0 unspecified atom stereocenters. The van der Waals surface area contributed by atoms with E-state index in [0.717, 1.165) is 69.0 Å². The van der Waals surface area contributed by atoms with E-state index in [9.17, 15) is 9.90 Å². The predicted molar refractivity (Wildman–Crippen MR) is 150 cm³/mol. The lowest BCUT2D eigenvalue weighted by atomic mass is 10.0. The lowest BCUT2D eigenvalue weighted by Crippen LogP contribution is -2.40. The van der Waals surface area contributed by atoms with Crippen LogP contribution in [0.15, 0.2) is 60.0 Å². The number of aromatic nitrogens is 1. The minimum Gasteiger partial charge on any atom is -0.497 e. The Morgan fingerprint density at radius 3 is 2.65 bits per heavy atom. The van der Waals surface area contributed by atoms with Gasteiger partial charge in [-0.15, -0.1) is 11.3 Å². The molecule has 1 atom stereocenters. The third kappa shape index (κ3) is 5.48. The number of aliphatic hydroxyl groups excluding tert-OH is 1. The van der Waals surface area contributed by atoms with Crippen molar-refractivity contribution in [1.82, 2.24) is 9.88 Å². The number of β-amino-alcohol motifs (C(OH)–C–C–N with tert-alkyl or cyclic N) is 1. The SMILES string of the molecule is COc1ccc(CN(Cc2cc3cccc(C)c3nc2N2CCC[C@@H](O)C2)C(=O)c2sccc2C)cc1. The van der Waals surface area contributed by atoms with Crippen LogP contribution in [0.25, 0.3) is 10.9 Å². The van der Waals surface area contributed by atoms with Gasteiger partial charge in [0.1, 0.15) is 11.6 Å². The van der Waals surface area contributed by atoms with E-state index in [4.69, 9.17) is 9.72 Å². The number of methoxy groups -OCH3 is 1. The highest BCUT2D eigenvalue weighted by molar-refractivity contribution is 7.12. The number of ether oxygens (including phenoxy) is 1. The van der Waals surface area contributed by atoms with Crippen LogP contribution in [-0.2, 0) is 13.1 Å². The second-order valence-corrected chi connectivity index (χ2v) is 10.7. The van der Waals surface area contributed by atoms with Crippen LogP contribution >= 0.6 is 11.3 Å². The second kappa shape index (κ2) is 10.9. The van der Waals surface area contributed by atoms with Gasteiger partial charge in [0, 0.05) is 30.6 Å². The average molecular weight is 516 g/mol. The summed E-state index contributed by atoms with van der Waals surface area (Å²) in [6.45, 7) is 6.33. The van der Waals surface area contributed by atoms with Gasteiger partial charge in [-0.25, -0.2) is 4.98 Å². The van der Waals surface area contributed by atoms with Gasteiger partial charge in [-0.3, -0.25) is 4.79 Å². The molecule has 6 nitrogen and oxygen atoms in total. The molecule has 37 heavy (non-hydrogen) atoms. The molecule has 1 N–H and O–H groups in total. The lowest BCUT2D eigenvalue weighted by molar-refractivity contribution is 0.0734. The van der Waals surface area contributed by atoms with Crippen molar-refractivity contribution in [1.29, 1.82) is 0 Å². The highest BCUT2D eigenvalue weighted by atomic mass is 32.1. The van der Waals surface area contributed by atoms with Gasteiger partial charge in [0.2, 0.25) is 0 Å². The van der Waals surface area contributed by atoms with Crippen LogP contribution in [0.1, 0.15) is 44.8 Å². The molecule has 4 aromatic rings. The van der Waals surface area contributed by atoms with Gasteiger partial charge in [-0.05, 0) is 73.0 Å². The topological polar surface area (TPSA) is 65.9 Å². The zero-order valence-electron chi connectivity index (χ0n) is 21.6. The molecule has 0 radical (unpaired) electrons. The van der Waals surface area contributed by atoms with Crippen molar-refractivity contribution >= 4 is 34.0 Å². The number of fused-ring (bicyclic) bond motifs is 1. The number of hydrogen-bond acceptors (Lipinski definition) is 6. The van der Waals surface area contributed by atoms with E-state index in [-0.39, 0.29) is 12.0 Å². The maximum Gasteiger partial charge on any atom is 0.264 e. The fourth-order valence-corrected chi connectivity index (χ4v) is 5.90. The Kier molecular flexibility index (Phi) is 7.44. The molecular formula is C30H33N3O3S. The normalized spacial score (nSPS) is 15.7. The molecule has 2 aromatic carbocycles. The van der Waals surface area contributed by atoms with E-state index in [1.807, 2.05) is 53.6 Å². The van der Waals surface area contributed by atoms with Crippen molar-refractivity contribution in [3.63, 3.8) is 0 Å². The van der Waals surface area contributed by atoms with Gasteiger partial charge in [-0.1, -0.05) is 30.3 Å². The molecule has 0 spiro atoms. The lowest BCUT2D eigenvalue weighted by Gasteiger charge is -2.33. The van der Waals surface area contributed by atoms with E-state index in [1.165, 1.54) is 11.3 Å². The minimum atomic E-state index is -0.373. The molecule has 0 saturated carbocycles. The van der Waals surface area contributed by atoms with Crippen LogP contribution in [0.2, 0.25) is 0 Å². The highest BCUT2D eigenvalue weighted by Crippen LogP contribution is 2.30. The summed E-state index contributed by atoms with van der Waals surface area (Å²) in [5, 5.41) is 13.4. The van der Waals surface area contributed by atoms with Gasteiger partial charge in [0.15, 0.2) is 0 Å². The van der Waals surface area contributed by atoms with E-state index in [1.54, 1.807) is 7.11 Å². The van der Waals surface area contributed by atoms with Gasteiger partial charge >= 0.3 is 0 Å². The summed E-state index contributed by atoms with van der Waals surface area (Å²) in [6, 6.07) is 18.2. The van der Waals surface area contributed by atoms with Gasteiger partial charge in [-0.2, -0.15) is 0 Å². The fourth-order valence-electron chi connectivity index (χ4n) is 5.01. The molecule has 1 saturated heterocycles. The Labute approximate surface area is 222 Å². The van der Waals surface area contributed by atoms with Crippen LogP contribution in [0, 0.1) is 13.8 Å². The smallest absolute Gasteiger partial charge is 0.264 e. The molecule has 1 aliphatic rings. The minimum absolute atomic E-state index is 0.0114. The maximum atomic E-state index is 13.9. The average Bonchev–Trinajstić information content (AvgIpc) is 3.34. The maximum absolute atomic E-state index is 13.9. The van der Waals surface area contributed by atoms with Crippen molar-refractivity contribution in [2.24, 2.45) is 0 Å². The van der Waals surface area contributed by atoms with Crippen LogP contribution in [0.3, 0.4) is 0 Å². The number of thiophene rings is 1. The molecule has 1 amide bonds. The number of aliphatic hydroxyl groups is 1. The van der Waals surface area contributed by atoms with Gasteiger partial charge < -0.3 is 19.6 Å². The number of benzene rings is 2. The van der Waals surface area contributed by atoms with Crippen LogP contribution in [0.4, 0.5) is 5.82 Å². The third-order valence-corrected chi connectivity index (χ3v) is 8.04. The molecule has 5 rings (SSSR count). The Morgan fingerprint density at radius 2 is 1.95 bits per heavy atom. The molecule has 0 aliphatic carbocycles. The first-order valence-corrected chi connectivity index (χ1v) is 13.6. The van der Waals surface area contributed by atoms with E-state index < -0.39 is 0 Å². The Morgan fingerprint density at radius 1 is 1.14 bits per heavy atom. The highest BCUT2D eigenvalue weighted by Gasteiger charge is 2.26. The number of pyridine rings is 1. The monoisotopic (exact) mass is 515 g/mol. The van der Waals surface area contributed by atoms with Crippen molar-refractivity contribution < 1.29 is 14.6 Å². The van der Waals surface area contributed by atoms with Crippen molar-refractivity contribution in [3.8, 4) is 5.75 Å². The molecule has 2 aromatic heterocycles. The van der Waals surface area contributed by atoms with E-state index in [0.29, 0.717) is 19.6 Å². The summed E-state index contributed by atoms with van der Waals surface area (Å²) >= 11 is 1.48. The molecule has 7 heteroatoms. The molecule has 1 fully saturated rings. The zero-order valence-corrected chi connectivity index (χ0v) is 22.4. The van der Waals surface area contributed by atoms with Crippen LogP contribution in [-0.4, -0.2) is 47.2 Å². The number of piperidine rings is 1. The largest absolute Gasteiger partial charge is 0.497 e.